The van der Waals surface area contributed by atoms with Crippen LogP contribution in [-0.4, -0.2) is 57.6 Å². The van der Waals surface area contributed by atoms with Crippen LogP contribution in [0.25, 0.3) is 0 Å². The molecule has 0 amide bonds. The molecular formula is C8H18O5. The average molecular weight is 194 g/mol. The van der Waals surface area contributed by atoms with E-state index in [1.54, 1.807) is 0 Å². The summed E-state index contributed by atoms with van der Waals surface area (Å²) in [5, 5.41) is 44.6. The van der Waals surface area contributed by atoms with E-state index in [-0.39, 0.29) is 13.2 Å². The fourth-order valence-electron chi connectivity index (χ4n) is 1.18. The van der Waals surface area contributed by atoms with Crippen molar-refractivity contribution in [3.8, 4) is 0 Å². The van der Waals surface area contributed by atoms with Crippen molar-refractivity contribution in [3.63, 3.8) is 0 Å². The Kier molecular flexibility index (Phi) is 6.19. The molecule has 1 unspecified atom stereocenters. The Morgan fingerprint density at radius 2 is 1.54 bits per heavy atom. The van der Waals surface area contributed by atoms with Gasteiger partial charge in [-0.2, -0.15) is 0 Å². The van der Waals surface area contributed by atoms with E-state index >= 15 is 0 Å². The summed E-state index contributed by atoms with van der Waals surface area (Å²) in [6.45, 7) is -1.55. The molecule has 0 aromatic rings. The highest BCUT2D eigenvalue weighted by Gasteiger charge is 2.34. The molecule has 0 aliphatic rings. The second-order valence-corrected chi connectivity index (χ2v) is 3.17. The normalized spacial score (nSPS) is 14.5. The van der Waals surface area contributed by atoms with Crippen molar-refractivity contribution in [2.75, 3.05) is 26.4 Å². The molecule has 0 saturated heterocycles. The summed E-state index contributed by atoms with van der Waals surface area (Å²) >= 11 is 0. The minimum atomic E-state index is -1.65. The highest BCUT2D eigenvalue weighted by Crippen LogP contribution is 2.21. The molecule has 0 fully saturated rings. The lowest BCUT2D eigenvalue weighted by atomic mass is 9.86. The molecule has 0 saturated carbocycles. The molecule has 0 aromatic heterocycles. The van der Waals surface area contributed by atoms with Gasteiger partial charge in [-0.05, 0) is 12.8 Å². The van der Waals surface area contributed by atoms with Gasteiger partial charge < -0.3 is 25.5 Å². The van der Waals surface area contributed by atoms with Crippen LogP contribution in [0.2, 0.25) is 0 Å². The molecule has 0 bridgehead atoms. The van der Waals surface area contributed by atoms with Crippen LogP contribution in [0.1, 0.15) is 12.8 Å². The monoisotopic (exact) mass is 194 g/mol. The molecular weight excluding hydrogens is 176 g/mol. The zero-order valence-electron chi connectivity index (χ0n) is 7.56. The van der Waals surface area contributed by atoms with E-state index in [1.807, 2.05) is 0 Å². The maximum Gasteiger partial charge on any atom is 0.116 e. The molecule has 0 aliphatic heterocycles. The van der Waals surface area contributed by atoms with Gasteiger partial charge in [0.15, 0.2) is 0 Å². The average Bonchev–Trinajstić information content (AvgIpc) is 2.18. The molecule has 0 aromatic carbocycles. The van der Waals surface area contributed by atoms with Gasteiger partial charge in [-0.3, -0.25) is 0 Å². The summed E-state index contributed by atoms with van der Waals surface area (Å²) in [6.07, 6.45) is 0.790. The molecule has 5 heteroatoms. The molecule has 0 radical (unpaired) electrons. The lowest BCUT2D eigenvalue weighted by Gasteiger charge is -2.31. The van der Waals surface area contributed by atoms with Crippen LogP contribution in [0.5, 0.6) is 0 Å². The summed E-state index contributed by atoms with van der Waals surface area (Å²) in [5.41, 5.74) is -1.65. The fraction of sp³-hybridized carbons (Fsp3) is 1.00. The van der Waals surface area contributed by atoms with E-state index in [9.17, 15) is 5.11 Å². The van der Waals surface area contributed by atoms with Crippen LogP contribution in [0.3, 0.4) is 0 Å². The summed E-state index contributed by atoms with van der Waals surface area (Å²) in [5.74, 6) is -0.602. The van der Waals surface area contributed by atoms with Gasteiger partial charge in [0.25, 0.3) is 0 Å². The zero-order chi connectivity index (χ0) is 10.3. The van der Waals surface area contributed by atoms with Crippen LogP contribution in [0.4, 0.5) is 0 Å². The zero-order valence-corrected chi connectivity index (χ0v) is 7.56. The van der Waals surface area contributed by atoms with Crippen LogP contribution in [-0.2, 0) is 0 Å². The van der Waals surface area contributed by atoms with Crippen LogP contribution in [0, 0.1) is 5.92 Å². The predicted octanol–water partition coefficient (Wildman–Crippen LogP) is -1.92. The van der Waals surface area contributed by atoms with E-state index in [2.05, 4.69) is 0 Å². The van der Waals surface area contributed by atoms with E-state index in [0.29, 0.717) is 12.8 Å². The van der Waals surface area contributed by atoms with Gasteiger partial charge in [-0.15, -0.1) is 0 Å². The van der Waals surface area contributed by atoms with Gasteiger partial charge in [0, 0.05) is 19.1 Å². The molecule has 0 rings (SSSR count). The molecule has 5 N–H and O–H groups in total. The number of hydrogen-bond donors (Lipinski definition) is 5. The summed E-state index contributed by atoms with van der Waals surface area (Å²) < 4.78 is 0. The Hall–Kier alpha value is -0.200. The lowest BCUT2D eigenvalue weighted by Crippen LogP contribution is -2.47. The maximum atomic E-state index is 9.57. The molecule has 5 nitrogen and oxygen atoms in total. The highest BCUT2D eigenvalue weighted by atomic mass is 16.4. The quantitative estimate of drug-likeness (QED) is 0.325. The van der Waals surface area contributed by atoms with Crippen molar-refractivity contribution < 1.29 is 25.5 Å². The third-order valence-electron chi connectivity index (χ3n) is 2.24. The van der Waals surface area contributed by atoms with Crippen molar-refractivity contribution in [2.24, 2.45) is 5.92 Å². The minimum absolute atomic E-state index is 0.0383. The number of aliphatic hydroxyl groups excluding tert-OH is 4. The highest BCUT2D eigenvalue weighted by molar-refractivity contribution is 4.84. The Balaban J connectivity index is 4.16. The third-order valence-corrected chi connectivity index (χ3v) is 2.24. The van der Waals surface area contributed by atoms with E-state index < -0.39 is 24.7 Å². The van der Waals surface area contributed by atoms with Crippen molar-refractivity contribution >= 4 is 0 Å². The number of aliphatic hydroxyl groups is 5. The summed E-state index contributed by atoms with van der Waals surface area (Å²) in [7, 11) is 0. The van der Waals surface area contributed by atoms with E-state index in [0.717, 1.165) is 0 Å². The summed E-state index contributed by atoms with van der Waals surface area (Å²) in [6, 6.07) is 0. The lowest BCUT2D eigenvalue weighted by molar-refractivity contribution is -0.110. The van der Waals surface area contributed by atoms with Crippen LogP contribution in [0.15, 0.2) is 0 Å². The van der Waals surface area contributed by atoms with Gasteiger partial charge in [-0.25, -0.2) is 0 Å². The van der Waals surface area contributed by atoms with Gasteiger partial charge in [0.1, 0.15) is 5.60 Å². The van der Waals surface area contributed by atoms with Crippen molar-refractivity contribution in [1.82, 2.24) is 0 Å². The SMILES string of the molecule is OCCCC(CO)C(O)(CO)CO. The minimum Gasteiger partial charge on any atom is -0.396 e. The Bertz CT molecular complexity index is 124. The standard InChI is InChI=1S/C8H18O5/c9-3-1-2-7(4-10)8(13,5-11)6-12/h7,9-13H,1-6H2. The first-order chi connectivity index (χ1) is 6.14. The summed E-state index contributed by atoms with van der Waals surface area (Å²) in [4.78, 5) is 0. The predicted molar refractivity (Wildman–Crippen MR) is 46.0 cm³/mol. The maximum absolute atomic E-state index is 9.57. The first kappa shape index (κ1) is 12.8. The second kappa shape index (κ2) is 6.28. The Labute approximate surface area is 77.3 Å². The van der Waals surface area contributed by atoms with Crippen molar-refractivity contribution in [1.29, 1.82) is 0 Å². The molecule has 13 heavy (non-hydrogen) atoms. The largest absolute Gasteiger partial charge is 0.396 e. The number of hydrogen-bond acceptors (Lipinski definition) is 5. The molecule has 80 valence electrons. The van der Waals surface area contributed by atoms with Gasteiger partial charge in [0.05, 0.1) is 13.2 Å². The molecule has 0 aliphatic carbocycles. The van der Waals surface area contributed by atoms with E-state index in [1.165, 1.54) is 0 Å². The second-order valence-electron chi connectivity index (χ2n) is 3.17. The third kappa shape index (κ3) is 3.58. The fourth-order valence-corrected chi connectivity index (χ4v) is 1.18. The van der Waals surface area contributed by atoms with Gasteiger partial charge in [0.2, 0.25) is 0 Å². The number of rotatable bonds is 7. The Morgan fingerprint density at radius 1 is 1.00 bits per heavy atom. The van der Waals surface area contributed by atoms with Gasteiger partial charge in [-0.1, -0.05) is 0 Å². The first-order valence-electron chi connectivity index (χ1n) is 4.30. The van der Waals surface area contributed by atoms with Crippen LogP contribution < -0.4 is 0 Å². The topological polar surface area (TPSA) is 101 Å². The van der Waals surface area contributed by atoms with Gasteiger partial charge >= 0.3 is 0 Å². The van der Waals surface area contributed by atoms with E-state index in [4.69, 9.17) is 20.4 Å². The van der Waals surface area contributed by atoms with Crippen LogP contribution >= 0.6 is 0 Å². The Morgan fingerprint density at radius 3 is 1.85 bits per heavy atom. The smallest absolute Gasteiger partial charge is 0.116 e. The van der Waals surface area contributed by atoms with Crippen molar-refractivity contribution in [2.45, 2.75) is 18.4 Å². The molecule has 0 heterocycles. The first-order valence-corrected chi connectivity index (χ1v) is 4.30. The molecule has 0 spiro atoms. The van der Waals surface area contributed by atoms with Crippen molar-refractivity contribution in [3.05, 3.63) is 0 Å². The molecule has 1 atom stereocenters.